The quantitative estimate of drug-likeness (QED) is 0.198. The third-order valence-corrected chi connectivity index (χ3v) is 6.75. The first kappa shape index (κ1) is 22.3. The average molecular weight is 472 g/mol. The molecule has 1 heterocycles. The van der Waals surface area contributed by atoms with Crippen molar-refractivity contribution < 1.29 is 24.0 Å². The predicted molar refractivity (Wildman–Crippen MR) is 122 cm³/mol. The molecule has 0 N–H and O–H groups in total. The summed E-state index contributed by atoms with van der Waals surface area (Å²) in [7, 11) is 1.34. The Morgan fingerprint density at radius 3 is 2.51 bits per heavy atom. The minimum Gasteiger partial charge on any atom is -0.493 e. The molecule has 2 amide bonds. The summed E-state index contributed by atoms with van der Waals surface area (Å²) in [6, 6.07) is 11.5. The topological polar surface area (TPSA) is 135 Å². The van der Waals surface area contributed by atoms with E-state index in [1.54, 1.807) is 24.3 Å². The monoisotopic (exact) mass is 472 g/mol. The van der Waals surface area contributed by atoms with Gasteiger partial charge in [0, 0.05) is 17.2 Å². The van der Waals surface area contributed by atoms with Gasteiger partial charge in [-0.3, -0.25) is 19.7 Å². The van der Waals surface area contributed by atoms with Gasteiger partial charge in [0.25, 0.3) is 11.8 Å². The minimum absolute atomic E-state index is 0.0606. The highest BCUT2D eigenvalue weighted by Crippen LogP contribution is 2.52. The molecule has 10 nitrogen and oxygen atoms in total. The summed E-state index contributed by atoms with van der Waals surface area (Å²) in [5.74, 6) is -1.36. The standard InChI is InChI=1S/C25H20N4O6/c1-34-20-9-14(12-27-28-24(30)21-15-6-7-16(10-15)22(21)25(28)31)8-19(29(32)33)23(20)35-13-18-5-3-2-4-17(18)11-26/h2-9,12,15-16,21-22H,10,13H2,1H3. The molecular formula is C25H20N4O6. The summed E-state index contributed by atoms with van der Waals surface area (Å²) in [5.41, 5.74) is 0.846. The van der Waals surface area contributed by atoms with Gasteiger partial charge in [-0.1, -0.05) is 30.4 Å². The Morgan fingerprint density at radius 2 is 1.89 bits per heavy atom. The summed E-state index contributed by atoms with van der Waals surface area (Å²) in [6.45, 7) is -0.0791. The van der Waals surface area contributed by atoms with Crippen molar-refractivity contribution in [2.45, 2.75) is 13.0 Å². The van der Waals surface area contributed by atoms with Crippen molar-refractivity contribution >= 4 is 23.7 Å². The molecule has 5 rings (SSSR count). The first-order chi connectivity index (χ1) is 16.9. The summed E-state index contributed by atoms with van der Waals surface area (Å²) in [4.78, 5) is 36.8. The number of imide groups is 1. The lowest BCUT2D eigenvalue weighted by Gasteiger charge is -2.13. The van der Waals surface area contributed by atoms with Crippen molar-refractivity contribution in [2.75, 3.05) is 7.11 Å². The first-order valence-electron chi connectivity index (χ1n) is 11.0. The second-order valence-corrected chi connectivity index (χ2v) is 8.62. The predicted octanol–water partition coefficient (Wildman–Crippen LogP) is 3.20. The molecular weight excluding hydrogens is 452 g/mol. The van der Waals surface area contributed by atoms with E-state index in [9.17, 15) is 25.0 Å². The number of ether oxygens (including phenoxy) is 2. The molecule has 1 aliphatic heterocycles. The molecule has 2 bridgehead atoms. The lowest BCUT2D eigenvalue weighted by Crippen LogP contribution is -2.28. The van der Waals surface area contributed by atoms with Crippen LogP contribution in [0.5, 0.6) is 11.5 Å². The molecule has 2 aliphatic carbocycles. The largest absolute Gasteiger partial charge is 0.493 e. The van der Waals surface area contributed by atoms with E-state index in [-0.39, 0.29) is 64.8 Å². The number of nitriles is 1. The number of hydrogen-bond donors (Lipinski definition) is 0. The number of hydrazone groups is 1. The Labute approximate surface area is 200 Å². The van der Waals surface area contributed by atoms with E-state index in [0.29, 0.717) is 11.1 Å². The summed E-state index contributed by atoms with van der Waals surface area (Å²) < 4.78 is 11.0. The van der Waals surface area contributed by atoms with Gasteiger partial charge in [-0.05, 0) is 30.4 Å². The number of allylic oxidation sites excluding steroid dienone is 2. The van der Waals surface area contributed by atoms with Crippen molar-refractivity contribution in [1.82, 2.24) is 5.01 Å². The Bertz CT molecular complexity index is 1310. The van der Waals surface area contributed by atoms with Crippen LogP contribution in [0, 0.1) is 45.1 Å². The van der Waals surface area contributed by atoms with Gasteiger partial charge in [-0.2, -0.15) is 15.4 Å². The molecule has 10 heteroatoms. The number of methoxy groups -OCH3 is 1. The fraction of sp³-hybridized carbons (Fsp3) is 0.280. The van der Waals surface area contributed by atoms with E-state index < -0.39 is 4.92 Å². The highest BCUT2D eigenvalue weighted by atomic mass is 16.6. The molecule has 0 spiro atoms. The Hall–Kier alpha value is -4.52. The zero-order valence-electron chi connectivity index (χ0n) is 18.7. The third kappa shape index (κ3) is 3.71. The molecule has 1 saturated heterocycles. The van der Waals surface area contributed by atoms with E-state index in [2.05, 4.69) is 11.2 Å². The van der Waals surface area contributed by atoms with Crippen molar-refractivity contribution in [1.29, 1.82) is 5.26 Å². The number of hydrogen-bond acceptors (Lipinski definition) is 8. The van der Waals surface area contributed by atoms with E-state index >= 15 is 0 Å². The number of nitro groups is 1. The Morgan fingerprint density at radius 1 is 1.20 bits per heavy atom. The van der Waals surface area contributed by atoms with Gasteiger partial charge in [0.15, 0.2) is 5.75 Å². The highest BCUT2D eigenvalue weighted by Gasteiger charge is 2.59. The first-order valence-corrected chi connectivity index (χ1v) is 11.0. The van der Waals surface area contributed by atoms with E-state index in [1.165, 1.54) is 25.5 Å². The van der Waals surface area contributed by atoms with Crippen molar-refractivity contribution in [2.24, 2.45) is 28.8 Å². The van der Waals surface area contributed by atoms with Crippen molar-refractivity contribution in [3.63, 3.8) is 0 Å². The number of amides is 2. The maximum Gasteiger partial charge on any atom is 0.315 e. The fourth-order valence-corrected chi connectivity index (χ4v) is 5.15. The fourth-order valence-electron chi connectivity index (χ4n) is 5.15. The Kier molecular flexibility index (Phi) is 5.53. The van der Waals surface area contributed by atoms with E-state index in [1.807, 2.05) is 12.2 Å². The highest BCUT2D eigenvalue weighted by molar-refractivity contribution is 6.06. The molecule has 35 heavy (non-hydrogen) atoms. The molecule has 2 aromatic carbocycles. The van der Waals surface area contributed by atoms with Gasteiger partial charge in [-0.15, -0.1) is 0 Å². The molecule has 0 radical (unpaired) electrons. The second kappa shape index (κ2) is 8.68. The average Bonchev–Trinajstić information content (AvgIpc) is 3.55. The van der Waals surface area contributed by atoms with Gasteiger partial charge in [0.05, 0.1) is 41.7 Å². The van der Waals surface area contributed by atoms with Gasteiger partial charge < -0.3 is 9.47 Å². The van der Waals surface area contributed by atoms with Crippen LogP contribution in [-0.2, 0) is 16.2 Å². The van der Waals surface area contributed by atoms with Gasteiger partial charge >= 0.3 is 5.69 Å². The van der Waals surface area contributed by atoms with Crippen molar-refractivity contribution in [3.8, 4) is 17.6 Å². The minimum atomic E-state index is -0.620. The van der Waals surface area contributed by atoms with Crippen LogP contribution in [0.2, 0.25) is 0 Å². The molecule has 176 valence electrons. The SMILES string of the molecule is COc1cc(C=NN2C(=O)C3C4C=CC(C4)C3C2=O)cc([N+](=O)[O-])c1OCc1ccccc1C#N. The van der Waals surface area contributed by atoms with Crippen LogP contribution in [0.3, 0.4) is 0 Å². The summed E-state index contributed by atoms with van der Waals surface area (Å²) >= 11 is 0. The molecule has 2 aromatic rings. The molecule has 2 fully saturated rings. The third-order valence-electron chi connectivity index (χ3n) is 6.75. The maximum atomic E-state index is 12.8. The van der Waals surface area contributed by atoms with Crippen LogP contribution in [0.1, 0.15) is 23.1 Å². The zero-order chi connectivity index (χ0) is 24.7. The molecule has 1 saturated carbocycles. The summed E-state index contributed by atoms with van der Waals surface area (Å²) in [5, 5.41) is 26.0. The van der Waals surface area contributed by atoms with Crippen LogP contribution in [-0.4, -0.2) is 35.1 Å². The number of fused-ring (bicyclic) bond motifs is 5. The smallest absolute Gasteiger partial charge is 0.315 e. The second-order valence-electron chi connectivity index (χ2n) is 8.62. The van der Waals surface area contributed by atoms with Crippen LogP contribution in [0.15, 0.2) is 53.7 Å². The number of carbonyl (C=O) groups excluding carboxylic acids is 2. The number of rotatable bonds is 7. The molecule has 4 unspecified atom stereocenters. The number of benzene rings is 2. The number of nitrogens with zero attached hydrogens (tertiary/aromatic N) is 4. The summed E-state index contributed by atoms with van der Waals surface area (Å²) in [6.07, 6.45) is 6.03. The van der Waals surface area contributed by atoms with E-state index in [0.717, 1.165) is 11.4 Å². The number of nitro benzene ring substituents is 1. The zero-order valence-corrected chi connectivity index (χ0v) is 18.7. The van der Waals surface area contributed by atoms with Crippen molar-refractivity contribution in [3.05, 3.63) is 75.4 Å². The van der Waals surface area contributed by atoms with Crippen LogP contribution < -0.4 is 9.47 Å². The lowest BCUT2D eigenvalue weighted by molar-refractivity contribution is -0.386. The van der Waals surface area contributed by atoms with Gasteiger partial charge in [0.2, 0.25) is 5.75 Å². The van der Waals surface area contributed by atoms with Crippen LogP contribution in [0.4, 0.5) is 5.69 Å². The molecule has 3 aliphatic rings. The number of carbonyl (C=O) groups is 2. The van der Waals surface area contributed by atoms with Gasteiger partial charge in [0.1, 0.15) is 6.61 Å². The molecule has 4 atom stereocenters. The normalized spacial score (nSPS) is 24.2. The maximum absolute atomic E-state index is 12.8. The van der Waals surface area contributed by atoms with E-state index in [4.69, 9.17) is 9.47 Å². The lowest BCUT2D eigenvalue weighted by atomic mass is 9.85. The Balaban J connectivity index is 1.41. The molecule has 0 aromatic heterocycles. The van der Waals surface area contributed by atoms with Crippen LogP contribution in [0.25, 0.3) is 0 Å². The van der Waals surface area contributed by atoms with Gasteiger partial charge in [-0.25, -0.2) is 0 Å². The van der Waals surface area contributed by atoms with Crippen LogP contribution >= 0.6 is 0 Å².